The molecule has 0 aliphatic heterocycles. The summed E-state index contributed by atoms with van der Waals surface area (Å²) in [6.45, 7) is 1.90. The number of rotatable bonds is 4. The molecule has 106 valence electrons. The van der Waals surface area contributed by atoms with E-state index in [0.717, 1.165) is 5.56 Å². The summed E-state index contributed by atoms with van der Waals surface area (Å²) in [6.07, 6.45) is 0. The fraction of sp³-hybridized carbons (Fsp3) is 0.143. The van der Waals surface area contributed by atoms with Crippen molar-refractivity contribution in [1.82, 2.24) is 0 Å². The maximum Gasteiger partial charge on any atom is 0.261 e. The quantitative estimate of drug-likeness (QED) is 0.940. The first-order valence-corrected chi connectivity index (χ1v) is 7.71. The molecule has 0 spiro atoms. The smallest absolute Gasteiger partial charge is 0.261 e. The number of sulfonamides is 1. The molecule has 0 aliphatic carbocycles. The molecule has 2 aromatic carbocycles. The number of methoxy groups -OCH3 is 1. The lowest BCUT2D eigenvalue weighted by molar-refractivity contribution is 0.415. The number of nitrogens with one attached hydrogen (secondary N) is 1. The van der Waals surface area contributed by atoms with Crippen molar-refractivity contribution in [2.75, 3.05) is 11.8 Å². The average molecular weight is 312 g/mol. The minimum absolute atomic E-state index is 0.206. The highest BCUT2D eigenvalue weighted by atomic mass is 35.5. The molecular weight excluding hydrogens is 298 g/mol. The SMILES string of the molecule is COc1cc(NS(=O)(=O)c2ccc(C)cc2)ccc1Cl. The Hall–Kier alpha value is -1.72. The van der Waals surface area contributed by atoms with Crippen molar-refractivity contribution in [3.05, 3.63) is 53.1 Å². The Labute approximate surface area is 123 Å². The number of hydrogen-bond acceptors (Lipinski definition) is 3. The lowest BCUT2D eigenvalue weighted by Gasteiger charge is -2.10. The van der Waals surface area contributed by atoms with Gasteiger partial charge in [0, 0.05) is 6.07 Å². The first-order valence-electron chi connectivity index (χ1n) is 5.85. The Morgan fingerprint density at radius 2 is 1.75 bits per heavy atom. The summed E-state index contributed by atoms with van der Waals surface area (Å²) in [5.41, 5.74) is 1.39. The summed E-state index contributed by atoms with van der Waals surface area (Å²) in [5.74, 6) is 0.413. The van der Waals surface area contributed by atoms with Gasteiger partial charge in [-0.1, -0.05) is 29.3 Å². The minimum atomic E-state index is -3.62. The number of ether oxygens (including phenoxy) is 1. The zero-order chi connectivity index (χ0) is 14.8. The minimum Gasteiger partial charge on any atom is -0.495 e. The van der Waals surface area contributed by atoms with E-state index in [4.69, 9.17) is 16.3 Å². The van der Waals surface area contributed by atoms with Gasteiger partial charge in [-0.15, -0.1) is 0 Å². The molecule has 2 rings (SSSR count). The van der Waals surface area contributed by atoms with E-state index in [2.05, 4.69) is 4.72 Å². The van der Waals surface area contributed by atoms with E-state index in [-0.39, 0.29) is 4.90 Å². The highest BCUT2D eigenvalue weighted by Gasteiger charge is 2.14. The molecule has 0 saturated heterocycles. The predicted octanol–water partition coefficient (Wildman–Crippen LogP) is 3.46. The second kappa shape index (κ2) is 5.73. The molecule has 0 aliphatic rings. The van der Waals surface area contributed by atoms with Crippen molar-refractivity contribution < 1.29 is 13.2 Å². The van der Waals surface area contributed by atoms with Crippen LogP contribution < -0.4 is 9.46 Å². The lowest BCUT2D eigenvalue weighted by atomic mass is 10.2. The molecule has 2 aromatic rings. The number of halogens is 1. The van der Waals surface area contributed by atoms with E-state index < -0.39 is 10.0 Å². The third-order valence-electron chi connectivity index (χ3n) is 2.73. The van der Waals surface area contributed by atoms with Crippen LogP contribution in [0.15, 0.2) is 47.4 Å². The second-order valence-electron chi connectivity index (χ2n) is 4.27. The molecule has 0 heterocycles. The van der Waals surface area contributed by atoms with Gasteiger partial charge in [0.25, 0.3) is 10.0 Å². The molecule has 0 amide bonds. The van der Waals surface area contributed by atoms with E-state index in [1.54, 1.807) is 36.4 Å². The number of anilines is 1. The van der Waals surface area contributed by atoms with Gasteiger partial charge in [-0.2, -0.15) is 0 Å². The molecule has 0 fully saturated rings. The molecule has 0 radical (unpaired) electrons. The van der Waals surface area contributed by atoms with E-state index in [1.807, 2.05) is 6.92 Å². The van der Waals surface area contributed by atoms with Crippen LogP contribution in [0.1, 0.15) is 5.56 Å². The van der Waals surface area contributed by atoms with E-state index in [9.17, 15) is 8.42 Å². The third kappa shape index (κ3) is 3.23. The molecule has 1 N–H and O–H groups in total. The number of benzene rings is 2. The number of hydrogen-bond donors (Lipinski definition) is 1. The molecule has 0 saturated carbocycles. The fourth-order valence-electron chi connectivity index (χ4n) is 1.65. The zero-order valence-electron chi connectivity index (χ0n) is 11.1. The maximum absolute atomic E-state index is 12.2. The van der Waals surface area contributed by atoms with Crippen LogP contribution in [-0.4, -0.2) is 15.5 Å². The van der Waals surface area contributed by atoms with Crippen LogP contribution in [0.2, 0.25) is 5.02 Å². The van der Waals surface area contributed by atoms with Crippen LogP contribution in [0.3, 0.4) is 0 Å². The van der Waals surface area contributed by atoms with Crippen LogP contribution in [0, 0.1) is 6.92 Å². The number of aryl methyl sites for hydroxylation is 1. The average Bonchev–Trinajstić information content (AvgIpc) is 2.41. The van der Waals surface area contributed by atoms with Crippen molar-refractivity contribution in [1.29, 1.82) is 0 Å². The van der Waals surface area contributed by atoms with Crippen molar-refractivity contribution in [3.8, 4) is 5.75 Å². The summed E-state index contributed by atoms with van der Waals surface area (Å²) in [6, 6.07) is 11.3. The highest BCUT2D eigenvalue weighted by Crippen LogP contribution is 2.28. The Morgan fingerprint density at radius 1 is 1.10 bits per heavy atom. The molecular formula is C14H14ClNO3S. The van der Waals surface area contributed by atoms with Gasteiger partial charge >= 0.3 is 0 Å². The summed E-state index contributed by atoms with van der Waals surface area (Å²) in [5, 5.41) is 0.422. The molecule has 20 heavy (non-hydrogen) atoms. The molecule has 0 atom stereocenters. The Balaban J connectivity index is 2.30. The Bertz CT molecular complexity index is 712. The maximum atomic E-state index is 12.2. The second-order valence-corrected chi connectivity index (χ2v) is 6.36. The van der Waals surface area contributed by atoms with Gasteiger partial charge < -0.3 is 4.74 Å². The van der Waals surface area contributed by atoms with Crippen molar-refractivity contribution in [2.24, 2.45) is 0 Å². The summed E-state index contributed by atoms with van der Waals surface area (Å²) >= 11 is 5.90. The normalized spacial score (nSPS) is 11.2. The summed E-state index contributed by atoms with van der Waals surface area (Å²) in [4.78, 5) is 0.206. The van der Waals surface area contributed by atoms with Crippen molar-refractivity contribution >= 4 is 27.3 Å². The van der Waals surface area contributed by atoms with Crippen LogP contribution in [0.5, 0.6) is 5.75 Å². The molecule has 0 unspecified atom stereocenters. The van der Waals surface area contributed by atoms with Gasteiger partial charge in [-0.05, 0) is 31.2 Å². The fourth-order valence-corrected chi connectivity index (χ4v) is 2.90. The van der Waals surface area contributed by atoms with Crippen LogP contribution in [-0.2, 0) is 10.0 Å². The monoisotopic (exact) mass is 311 g/mol. The third-order valence-corrected chi connectivity index (χ3v) is 4.44. The van der Waals surface area contributed by atoms with E-state index in [1.165, 1.54) is 13.2 Å². The van der Waals surface area contributed by atoms with E-state index in [0.29, 0.717) is 16.5 Å². The van der Waals surface area contributed by atoms with Gasteiger partial charge in [-0.3, -0.25) is 4.72 Å². The van der Waals surface area contributed by atoms with Gasteiger partial charge in [0.15, 0.2) is 0 Å². The van der Waals surface area contributed by atoms with Gasteiger partial charge in [0.2, 0.25) is 0 Å². The predicted molar refractivity (Wildman–Crippen MR) is 80.0 cm³/mol. The molecule has 6 heteroatoms. The van der Waals surface area contributed by atoms with Crippen molar-refractivity contribution in [3.63, 3.8) is 0 Å². The Kier molecular flexibility index (Phi) is 4.20. The largest absolute Gasteiger partial charge is 0.495 e. The van der Waals surface area contributed by atoms with Gasteiger partial charge in [0.05, 0.1) is 22.7 Å². The molecule has 0 aromatic heterocycles. The first-order chi connectivity index (χ1) is 9.42. The van der Waals surface area contributed by atoms with Crippen LogP contribution in [0.4, 0.5) is 5.69 Å². The zero-order valence-corrected chi connectivity index (χ0v) is 12.6. The van der Waals surface area contributed by atoms with Crippen LogP contribution in [0.25, 0.3) is 0 Å². The standard InChI is InChI=1S/C14H14ClNO3S/c1-10-3-6-12(7-4-10)20(17,18)16-11-5-8-13(15)14(9-11)19-2/h3-9,16H,1-2H3. The Morgan fingerprint density at radius 3 is 2.35 bits per heavy atom. The first kappa shape index (κ1) is 14.7. The van der Waals surface area contributed by atoms with Crippen molar-refractivity contribution in [2.45, 2.75) is 11.8 Å². The molecule has 0 bridgehead atoms. The highest BCUT2D eigenvalue weighted by molar-refractivity contribution is 7.92. The molecule has 4 nitrogen and oxygen atoms in total. The summed E-state index contributed by atoms with van der Waals surface area (Å²) < 4.78 is 32.0. The van der Waals surface area contributed by atoms with Gasteiger partial charge in [0.1, 0.15) is 5.75 Å². The lowest BCUT2D eigenvalue weighted by Crippen LogP contribution is -2.12. The topological polar surface area (TPSA) is 55.4 Å². The summed E-state index contributed by atoms with van der Waals surface area (Å²) in [7, 11) is -2.14. The van der Waals surface area contributed by atoms with Crippen LogP contribution >= 0.6 is 11.6 Å². The van der Waals surface area contributed by atoms with E-state index >= 15 is 0 Å². The van der Waals surface area contributed by atoms with Gasteiger partial charge in [-0.25, -0.2) is 8.42 Å².